The molecule has 0 saturated heterocycles. The van der Waals surface area contributed by atoms with E-state index in [9.17, 15) is 0 Å². The first kappa shape index (κ1) is 20.9. The predicted molar refractivity (Wildman–Crippen MR) is 119 cm³/mol. The Hall–Kier alpha value is -2.83. The number of nitrogens with two attached hydrogens (primary N) is 1. The Kier molecular flexibility index (Phi) is 6.56. The predicted octanol–water partition coefficient (Wildman–Crippen LogP) is 4.59. The Morgan fingerprint density at radius 3 is 2.28 bits per heavy atom. The number of nitrogens with zero attached hydrogens (tertiary/aromatic N) is 4. The Bertz CT molecular complexity index is 942. The van der Waals surface area contributed by atoms with Gasteiger partial charge in [0.2, 0.25) is 5.95 Å². The van der Waals surface area contributed by atoms with Gasteiger partial charge in [0.25, 0.3) is 0 Å². The molecule has 0 aliphatic carbocycles. The summed E-state index contributed by atoms with van der Waals surface area (Å²) in [5, 5.41) is 2.30. The molecule has 0 bridgehead atoms. The van der Waals surface area contributed by atoms with Gasteiger partial charge in [-0.15, -0.1) is 0 Å². The van der Waals surface area contributed by atoms with Gasteiger partial charge in [0.1, 0.15) is 5.75 Å². The largest absolute Gasteiger partial charge is 0.491 e. The van der Waals surface area contributed by atoms with Gasteiger partial charge in [0, 0.05) is 25.5 Å². The first-order valence-corrected chi connectivity index (χ1v) is 9.80. The SMILES string of the molecule is CC(C)Oc1ccc(N(N)c2cnc(N(C)C)nc2Cc2ccc(Cl)cc2)cc1. The number of benzene rings is 2. The van der Waals surface area contributed by atoms with Crippen LogP contribution < -0.4 is 20.5 Å². The Labute approximate surface area is 176 Å². The minimum atomic E-state index is 0.118. The zero-order valence-corrected chi connectivity index (χ0v) is 17.9. The molecule has 0 fully saturated rings. The van der Waals surface area contributed by atoms with Crippen molar-refractivity contribution in [3.8, 4) is 5.75 Å². The van der Waals surface area contributed by atoms with Crippen LogP contribution in [-0.4, -0.2) is 30.2 Å². The van der Waals surface area contributed by atoms with Gasteiger partial charge < -0.3 is 9.64 Å². The summed E-state index contributed by atoms with van der Waals surface area (Å²) in [4.78, 5) is 11.0. The Balaban J connectivity index is 1.93. The number of ether oxygens (including phenoxy) is 1. The van der Waals surface area contributed by atoms with Crippen LogP contribution in [0.4, 0.5) is 17.3 Å². The summed E-state index contributed by atoms with van der Waals surface area (Å²) < 4.78 is 5.71. The highest BCUT2D eigenvalue weighted by Gasteiger charge is 2.15. The number of aromatic nitrogens is 2. The van der Waals surface area contributed by atoms with Crippen molar-refractivity contribution in [2.24, 2.45) is 5.84 Å². The summed E-state index contributed by atoms with van der Waals surface area (Å²) in [5.41, 5.74) is 3.48. The van der Waals surface area contributed by atoms with Crippen LogP contribution in [0.1, 0.15) is 25.1 Å². The van der Waals surface area contributed by atoms with Crippen LogP contribution in [0.5, 0.6) is 5.75 Å². The summed E-state index contributed by atoms with van der Waals surface area (Å²) in [6.07, 6.45) is 2.48. The highest BCUT2D eigenvalue weighted by atomic mass is 35.5. The van der Waals surface area contributed by atoms with Crippen LogP contribution in [0.25, 0.3) is 0 Å². The normalized spacial score (nSPS) is 10.9. The number of rotatable bonds is 7. The lowest BCUT2D eigenvalue weighted by Gasteiger charge is -2.23. The maximum Gasteiger partial charge on any atom is 0.225 e. The first-order valence-electron chi connectivity index (χ1n) is 9.42. The molecule has 152 valence electrons. The van der Waals surface area contributed by atoms with Gasteiger partial charge >= 0.3 is 0 Å². The van der Waals surface area contributed by atoms with Gasteiger partial charge in [-0.3, -0.25) is 5.01 Å². The van der Waals surface area contributed by atoms with Gasteiger partial charge in [-0.25, -0.2) is 15.8 Å². The van der Waals surface area contributed by atoms with Gasteiger partial charge in [-0.2, -0.15) is 0 Å². The summed E-state index contributed by atoms with van der Waals surface area (Å²) >= 11 is 6.02. The van der Waals surface area contributed by atoms with Crippen LogP contribution in [0, 0.1) is 0 Å². The molecule has 2 N–H and O–H groups in total. The number of halogens is 1. The van der Waals surface area contributed by atoms with Crippen LogP contribution in [0.3, 0.4) is 0 Å². The van der Waals surface area contributed by atoms with Crippen molar-refractivity contribution in [2.45, 2.75) is 26.4 Å². The third kappa shape index (κ3) is 5.37. The molecule has 0 saturated carbocycles. The van der Waals surface area contributed by atoms with Gasteiger partial charge in [-0.1, -0.05) is 23.7 Å². The second kappa shape index (κ2) is 9.11. The molecular weight excluding hydrogens is 386 g/mol. The summed E-state index contributed by atoms with van der Waals surface area (Å²) in [7, 11) is 3.82. The molecule has 29 heavy (non-hydrogen) atoms. The van der Waals surface area contributed by atoms with E-state index in [2.05, 4.69) is 4.98 Å². The first-order chi connectivity index (χ1) is 13.8. The fourth-order valence-corrected chi connectivity index (χ4v) is 2.97. The molecule has 6 nitrogen and oxygen atoms in total. The molecule has 3 rings (SSSR count). The zero-order chi connectivity index (χ0) is 21.0. The van der Waals surface area contributed by atoms with E-state index in [1.54, 1.807) is 11.2 Å². The van der Waals surface area contributed by atoms with E-state index >= 15 is 0 Å². The molecule has 0 unspecified atom stereocenters. The van der Waals surface area contributed by atoms with E-state index in [4.69, 9.17) is 27.2 Å². The van der Waals surface area contributed by atoms with Crippen LogP contribution in [0.2, 0.25) is 5.02 Å². The quantitative estimate of drug-likeness (QED) is 0.453. The lowest BCUT2D eigenvalue weighted by molar-refractivity contribution is 0.242. The average molecular weight is 412 g/mol. The molecule has 0 aliphatic heterocycles. The van der Waals surface area contributed by atoms with E-state index in [0.717, 1.165) is 28.4 Å². The third-order valence-corrected chi connectivity index (χ3v) is 4.52. The summed E-state index contributed by atoms with van der Waals surface area (Å²) in [6.45, 7) is 3.99. The fraction of sp³-hybridized carbons (Fsp3) is 0.273. The maximum atomic E-state index is 6.45. The third-order valence-electron chi connectivity index (χ3n) is 4.26. The molecule has 1 aromatic heterocycles. The Morgan fingerprint density at radius 2 is 1.69 bits per heavy atom. The molecule has 7 heteroatoms. The van der Waals surface area contributed by atoms with E-state index in [-0.39, 0.29) is 6.10 Å². The monoisotopic (exact) mass is 411 g/mol. The van der Waals surface area contributed by atoms with Gasteiger partial charge in [-0.05, 0) is 55.8 Å². The van der Waals surface area contributed by atoms with Crippen molar-refractivity contribution in [2.75, 3.05) is 24.0 Å². The van der Waals surface area contributed by atoms with E-state index in [0.29, 0.717) is 17.4 Å². The van der Waals surface area contributed by atoms with Crippen molar-refractivity contribution in [3.05, 3.63) is 71.0 Å². The number of hydrazine groups is 1. The van der Waals surface area contributed by atoms with Crippen molar-refractivity contribution in [1.29, 1.82) is 0 Å². The fourth-order valence-electron chi connectivity index (χ4n) is 2.84. The minimum Gasteiger partial charge on any atom is -0.491 e. The molecule has 0 radical (unpaired) electrons. The maximum absolute atomic E-state index is 6.45. The highest BCUT2D eigenvalue weighted by Crippen LogP contribution is 2.28. The molecule has 1 heterocycles. The van der Waals surface area contributed by atoms with Crippen molar-refractivity contribution in [3.63, 3.8) is 0 Å². The minimum absolute atomic E-state index is 0.118. The molecule has 0 spiro atoms. The number of hydrogen-bond acceptors (Lipinski definition) is 6. The van der Waals surface area contributed by atoms with E-state index in [1.807, 2.05) is 81.4 Å². The second-order valence-electron chi connectivity index (χ2n) is 7.23. The zero-order valence-electron chi connectivity index (χ0n) is 17.1. The molecular formula is C22H26ClN5O. The van der Waals surface area contributed by atoms with E-state index < -0.39 is 0 Å². The van der Waals surface area contributed by atoms with Crippen LogP contribution in [-0.2, 0) is 6.42 Å². The van der Waals surface area contributed by atoms with Crippen molar-refractivity contribution < 1.29 is 4.74 Å². The smallest absolute Gasteiger partial charge is 0.225 e. The number of anilines is 3. The lowest BCUT2D eigenvalue weighted by Crippen LogP contribution is -2.27. The second-order valence-corrected chi connectivity index (χ2v) is 7.67. The average Bonchev–Trinajstić information content (AvgIpc) is 2.69. The van der Waals surface area contributed by atoms with Gasteiger partial charge in [0.05, 0.1) is 29.4 Å². The summed E-state index contributed by atoms with van der Waals surface area (Å²) in [6, 6.07) is 15.4. The standard InChI is InChI=1S/C22H26ClN5O/c1-15(2)29-19-11-9-18(10-12-19)28(24)21-14-25-22(27(3)4)26-20(21)13-16-5-7-17(23)8-6-16/h5-12,14-15H,13,24H2,1-4H3. The highest BCUT2D eigenvalue weighted by molar-refractivity contribution is 6.30. The molecule has 3 aromatic rings. The Morgan fingerprint density at radius 1 is 1.03 bits per heavy atom. The van der Waals surface area contributed by atoms with E-state index in [1.165, 1.54) is 0 Å². The number of hydrogen-bond donors (Lipinski definition) is 1. The van der Waals surface area contributed by atoms with Gasteiger partial charge in [0.15, 0.2) is 0 Å². The molecule has 0 atom stereocenters. The molecule has 0 amide bonds. The topological polar surface area (TPSA) is 67.5 Å². The van der Waals surface area contributed by atoms with Crippen LogP contribution in [0.15, 0.2) is 54.7 Å². The van der Waals surface area contributed by atoms with Crippen LogP contribution >= 0.6 is 11.6 Å². The molecule has 0 aliphatic rings. The summed E-state index contributed by atoms with van der Waals surface area (Å²) in [5.74, 6) is 7.88. The molecule has 2 aromatic carbocycles. The lowest BCUT2D eigenvalue weighted by atomic mass is 10.1. The van der Waals surface area contributed by atoms with Crippen molar-refractivity contribution >= 4 is 28.9 Å². The van der Waals surface area contributed by atoms with Crippen molar-refractivity contribution in [1.82, 2.24) is 9.97 Å².